The van der Waals surface area contributed by atoms with Crippen molar-refractivity contribution in [2.75, 3.05) is 6.54 Å². The second kappa shape index (κ2) is 6.53. The zero-order chi connectivity index (χ0) is 14.0. The predicted octanol–water partition coefficient (Wildman–Crippen LogP) is 5.59. The Morgan fingerprint density at radius 2 is 1.89 bits per heavy atom. The molecule has 1 N–H and O–H groups in total. The molecule has 2 aromatic rings. The van der Waals surface area contributed by atoms with Crippen molar-refractivity contribution in [3.8, 4) is 0 Å². The van der Waals surface area contributed by atoms with Crippen LogP contribution in [0.2, 0.25) is 0 Å². The number of rotatable bonds is 4. The molecule has 0 amide bonds. The Hall–Kier alpha value is -0.160. The number of halogens is 2. The van der Waals surface area contributed by atoms with Crippen molar-refractivity contribution in [2.24, 2.45) is 0 Å². The third-order valence-electron chi connectivity index (χ3n) is 2.97. The predicted molar refractivity (Wildman–Crippen MR) is 91.2 cm³/mol. The van der Waals surface area contributed by atoms with Gasteiger partial charge in [-0.15, -0.1) is 11.3 Å². The highest BCUT2D eigenvalue weighted by atomic mass is 79.9. The molecule has 0 aliphatic rings. The summed E-state index contributed by atoms with van der Waals surface area (Å²) in [4.78, 5) is 2.67. The van der Waals surface area contributed by atoms with Crippen molar-refractivity contribution in [3.63, 3.8) is 0 Å². The molecule has 2 rings (SSSR count). The molecule has 4 heteroatoms. The molecule has 0 fully saturated rings. The quantitative estimate of drug-likeness (QED) is 0.702. The average molecular weight is 403 g/mol. The summed E-state index contributed by atoms with van der Waals surface area (Å²) in [6.45, 7) is 7.36. The van der Waals surface area contributed by atoms with Gasteiger partial charge in [0.1, 0.15) is 0 Å². The minimum absolute atomic E-state index is 0.229. The Kier molecular flexibility index (Phi) is 5.23. The highest BCUT2D eigenvalue weighted by molar-refractivity contribution is 9.10. The van der Waals surface area contributed by atoms with Crippen molar-refractivity contribution in [3.05, 3.63) is 54.1 Å². The van der Waals surface area contributed by atoms with Gasteiger partial charge in [-0.3, -0.25) is 0 Å². The molecule has 102 valence electrons. The Balaban J connectivity index is 2.51. The van der Waals surface area contributed by atoms with Crippen molar-refractivity contribution in [2.45, 2.75) is 26.8 Å². The molecule has 0 aliphatic heterocycles. The van der Waals surface area contributed by atoms with E-state index in [0.717, 1.165) is 11.0 Å². The van der Waals surface area contributed by atoms with E-state index in [2.05, 4.69) is 82.2 Å². The minimum Gasteiger partial charge on any atom is -0.306 e. The maximum atomic E-state index is 3.68. The second-order valence-electron chi connectivity index (χ2n) is 4.58. The third kappa shape index (κ3) is 3.48. The molecule has 19 heavy (non-hydrogen) atoms. The molecular weight excluding hydrogens is 386 g/mol. The maximum absolute atomic E-state index is 3.68. The van der Waals surface area contributed by atoms with Crippen LogP contribution < -0.4 is 5.32 Å². The fourth-order valence-electron chi connectivity index (χ4n) is 2.13. The fraction of sp³-hybridized carbons (Fsp3) is 0.333. The van der Waals surface area contributed by atoms with Gasteiger partial charge in [0.2, 0.25) is 0 Å². The lowest BCUT2D eigenvalue weighted by Crippen LogP contribution is -2.22. The molecular formula is C15H17Br2NS. The first-order chi connectivity index (χ1) is 9.02. The Labute approximate surface area is 135 Å². The first-order valence-electron chi connectivity index (χ1n) is 6.28. The van der Waals surface area contributed by atoms with Crippen LogP contribution in [-0.4, -0.2) is 6.54 Å². The van der Waals surface area contributed by atoms with Gasteiger partial charge in [0, 0.05) is 18.7 Å². The van der Waals surface area contributed by atoms with Gasteiger partial charge in [0.15, 0.2) is 0 Å². The summed E-state index contributed by atoms with van der Waals surface area (Å²) in [5.41, 5.74) is 2.58. The van der Waals surface area contributed by atoms with E-state index in [0.29, 0.717) is 0 Å². The number of hydrogen-bond donors (Lipinski definition) is 1. The SMILES string of the molecule is CCNC(c1cc(C)ccc1Br)c1sc(C)cc1Br. The molecule has 0 radical (unpaired) electrons. The van der Waals surface area contributed by atoms with Gasteiger partial charge in [-0.05, 0) is 54.0 Å². The van der Waals surface area contributed by atoms with E-state index in [1.807, 2.05) is 11.3 Å². The van der Waals surface area contributed by atoms with Gasteiger partial charge < -0.3 is 5.32 Å². The zero-order valence-corrected chi connectivity index (χ0v) is 15.2. The van der Waals surface area contributed by atoms with Crippen LogP contribution in [-0.2, 0) is 0 Å². The first-order valence-corrected chi connectivity index (χ1v) is 8.68. The summed E-state index contributed by atoms with van der Waals surface area (Å²) in [5.74, 6) is 0. The first kappa shape index (κ1) is 15.2. The normalized spacial score (nSPS) is 12.7. The number of aryl methyl sites for hydroxylation is 2. The summed E-state index contributed by atoms with van der Waals surface area (Å²) in [6, 6.07) is 8.93. The second-order valence-corrected chi connectivity index (χ2v) is 7.58. The smallest absolute Gasteiger partial charge is 0.0693 e. The van der Waals surface area contributed by atoms with Crippen molar-refractivity contribution >= 4 is 43.2 Å². The average Bonchev–Trinajstić information content (AvgIpc) is 2.69. The summed E-state index contributed by atoms with van der Waals surface area (Å²) >= 11 is 9.20. The third-order valence-corrected chi connectivity index (χ3v) is 5.73. The van der Waals surface area contributed by atoms with Crippen LogP contribution in [0, 0.1) is 13.8 Å². The van der Waals surface area contributed by atoms with Crippen molar-refractivity contribution in [1.82, 2.24) is 5.32 Å². The molecule has 1 atom stereocenters. The summed E-state index contributed by atoms with van der Waals surface area (Å²) in [5, 5.41) is 3.59. The van der Waals surface area contributed by atoms with Gasteiger partial charge in [-0.2, -0.15) is 0 Å². The topological polar surface area (TPSA) is 12.0 Å². The van der Waals surface area contributed by atoms with Gasteiger partial charge in [0.05, 0.1) is 6.04 Å². The highest BCUT2D eigenvalue weighted by Gasteiger charge is 2.20. The van der Waals surface area contributed by atoms with E-state index >= 15 is 0 Å². The maximum Gasteiger partial charge on any atom is 0.0693 e. The van der Waals surface area contributed by atoms with E-state index in [9.17, 15) is 0 Å². The Bertz CT molecular complexity index is 578. The monoisotopic (exact) mass is 401 g/mol. The van der Waals surface area contributed by atoms with Crippen molar-refractivity contribution in [1.29, 1.82) is 0 Å². The number of nitrogens with one attached hydrogen (secondary N) is 1. The number of hydrogen-bond acceptors (Lipinski definition) is 2. The van der Waals surface area contributed by atoms with Crippen LogP contribution in [0.5, 0.6) is 0 Å². The van der Waals surface area contributed by atoms with Crippen LogP contribution >= 0.6 is 43.2 Å². The molecule has 0 saturated carbocycles. The van der Waals surface area contributed by atoms with E-state index in [4.69, 9.17) is 0 Å². The lowest BCUT2D eigenvalue weighted by Gasteiger charge is -2.20. The fourth-order valence-corrected chi connectivity index (χ4v) is 4.58. The minimum atomic E-state index is 0.229. The number of benzene rings is 1. The van der Waals surface area contributed by atoms with Crippen LogP contribution in [0.4, 0.5) is 0 Å². The molecule has 1 aromatic heterocycles. The lowest BCUT2D eigenvalue weighted by molar-refractivity contribution is 0.635. The van der Waals surface area contributed by atoms with Crippen LogP contribution in [0.1, 0.15) is 33.8 Å². The van der Waals surface area contributed by atoms with Crippen LogP contribution in [0.3, 0.4) is 0 Å². The molecule has 1 aromatic carbocycles. The zero-order valence-electron chi connectivity index (χ0n) is 11.3. The Morgan fingerprint density at radius 1 is 1.16 bits per heavy atom. The standard InChI is InChI=1S/C15H17Br2NS/c1-4-18-14(15-13(17)8-10(3)19-15)11-7-9(2)5-6-12(11)16/h5-8,14,18H,4H2,1-3H3. The Morgan fingerprint density at radius 3 is 2.47 bits per heavy atom. The van der Waals surface area contributed by atoms with Gasteiger partial charge in [-0.1, -0.05) is 40.5 Å². The van der Waals surface area contributed by atoms with Gasteiger partial charge in [-0.25, -0.2) is 0 Å². The highest BCUT2D eigenvalue weighted by Crippen LogP contribution is 2.38. The van der Waals surface area contributed by atoms with E-state index < -0.39 is 0 Å². The summed E-state index contributed by atoms with van der Waals surface area (Å²) in [6.07, 6.45) is 0. The lowest BCUT2D eigenvalue weighted by atomic mass is 10.0. The summed E-state index contributed by atoms with van der Waals surface area (Å²) in [7, 11) is 0. The number of thiophene rings is 1. The van der Waals surface area contributed by atoms with Gasteiger partial charge in [0.25, 0.3) is 0 Å². The molecule has 0 bridgehead atoms. The summed E-state index contributed by atoms with van der Waals surface area (Å²) < 4.78 is 2.34. The molecule has 0 spiro atoms. The van der Waals surface area contributed by atoms with Crippen molar-refractivity contribution < 1.29 is 0 Å². The molecule has 1 heterocycles. The van der Waals surface area contributed by atoms with Gasteiger partial charge >= 0.3 is 0 Å². The van der Waals surface area contributed by atoms with E-state index in [-0.39, 0.29) is 6.04 Å². The van der Waals surface area contributed by atoms with E-state index in [1.165, 1.54) is 25.4 Å². The molecule has 0 aliphatic carbocycles. The van der Waals surface area contributed by atoms with E-state index in [1.54, 1.807) is 0 Å². The molecule has 1 nitrogen and oxygen atoms in total. The van der Waals surface area contributed by atoms with Crippen LogP contribution in [0.15, 0.2) is 33.2 Å². The molecule has 1 unspecified atom stereocenters. The molecule has 0 saturated heterocycles. The largest absolute Gasteiger partial charge is 0.306 e. The van der Waals surface area contributed by atoms with Crippen LogP contribution in [0.25, 0.3) is 0 Å².